The molecule has 1 heterocycles. The standard InChI is InChI=1S/C5H10BrNO/c1-7-2-5(3-7)4-8-6/h5H,2-4H2,1H3. The van der Waals surface area contributed by atoms with E-state index in [1.807, 2.05) is 0 Å². The Morgan fingerprint density at radius 2 is 2.38 bits per heavy atom. The Morgan fingerprint density at radius 3 is 2.75 bits per heavy atom. The highest BCUT2D eigenvalue weighted by Gasteiger charge is 2.22. The van der Waals surface area contributed by atoms with E-state index in [9.17, 15) is 0 Å². The topological polar surface area (TPSA) is 12.5 Å². The molecule has 0 atom stereocenters. The molecule has 2 nitrogen and oxygen atoms in total. The number of hydrogen-bond acceptors (Lipinski definition) is 2. The summed E-state index contributed by atoms with van der Waals surface area (Å²) in [5.41, 5.74) is 0. The zero-order valence-corrected chi connectivity index (χ0v) is 6.52. The largest absolute Gasteiger partial charge is 0.308 e. The summed E-state index contributed by atoms with van der Waals surface area (Å²) in [5.74, 6) is 0.763. The molecule has 0 spiro atoms. The van der Waals surface area contributed by atoms with Crippen LogP contribution in [0.15, 0.2) is 0 Å². The second kappa shape index (κ2) is 2.80. The molecule has 1 saturated heterocycles. The Bertz CT molecular complexity index is 70.1. The average molecular weight is 180 g/mol. The monoisotopic (exact) mass is 179 g/mol. The first-order valence-corrected chi connectivity index (χ1v) is 3.39. The fourth-order valence-electron chi connectivity index (χ4n) is 1.02. The van der Waals surface area contributed by atoms with Gasteiger partial charge in [-0.1, -0.05) is 0 Å². The van der Waals surface area contributed by atoms with E-state index >= 15 is 0 Å². The van der Waals surface area contributed by atoms with Crippen LogP contribution in [0.3, 0.4) is 0 Å². The average Bonchev–Trinajstić information content (AvgIpc) is 1.64. The zero-order chi connectivity index (χ0) is 5.98. The minimum Gasteiger partial charge on any atom is -0.308 e. The number of hydrogen-bond donors (Lipinski definition) is 0. The Kier molecular flexibility index (Phi) is 2.28. The van der Waals surface area contributed by atoms with Gasteiger partial charge in [-0.05, 0) is 7.05 Å². The molecule has 0 radical (unpaired) electrons. The van der Waals surface area contributed by atoms with E-state index in [-0.39, 0.29) is 0 Å². The van der Waals surface area contributed by atoms with E-state index in [4.69, 9.17) is 3.83 Å². The van der Waals surface area contributed by atoms with E-state index in [0.717, 1.165) is 12.5 Å². The third-order valence-electron chi connectivity index (χ3n) is 1.44. The Morgan fingerprint density at radius 1 is 1.75 bits per heavy atom. The van der Waals surface area contributed by atoms with Gasteiger partial charge < -0.3 is 8.73 Å². The van der Waals surface area contributed by atoms with E-state index in [1.165, 1.54) is 13.1 Å². The molecule has 1 aliphatic heterocycles. The van der Waals surface area contributed by atoms with Crippen molar-refractivity contribution < 1.29 is 3.83 Å². The third kappa shape index (κ3) is 1.44. The summed E-state index contributed by atoms with van der Waals surface area (Å²) in [4.78, 5) is 2.27. The fourth-order valence-corrected chi connectivity index (χ4v) is 1.40. The van der Waals surface area contributed by atoms with Crippen LogP contribution in [0.5, 0.6) is 0 Å². The quantitative estimate of drug-likeness (QED) is 0.625. The van der Waals surface area contributed by atoms with Crippen LogP contribution in [-0.4, -0.2) is 31.6 Å². The van der Waals surface area contributed by atoms with Gasteiger partial charge in [0.2, 0.25) is 0 Å². The molecular weight excluding hydrogens is 170 g/mol. The molecule has 3 heteroatoms. The molecule has 1 rings (SSSR count). The molecule has 0 saturated carbocycles. The highest BCUT2D eigenvalue weighted by molar-refractivity contribution is 9.06. The lowest BCUT2D eigenvalue weighted by Crippen LogP contribution is -2.45. The molecule has 1 aliphatic rings. The first-order valence-electron chi connectivity index (χ1n) is 2.75. The van der Waals surface area contributed by atoms with Gasteiger partial charge in [0, 0.05) is 19.0 Å². The molecule has 0 aliphatic carbocycles. The van der Waals surface area contributed by atoms with Gasteiger partial charge in [-0.25, -0.2) is 0 Å². The highest BCUT2D eigenvalue weighted by atomic mass is 79.9. The number of nitrogens with zero attached hydrogens (tertiary/aromatic N) is 1. The lowest BCUT2D eigenvalue weighted by atomic mass is 10.0. The number of likely N-dealkylation sites (tertiary alicyclic amines) is 1. The van der Waals surface area contributed by atoms with Crippen molar-refractivity contribution >= 4 is 16.3 Å². The number of halogens is 1. The summed E-state index contributed by atoms with van der Waals surface area (Å²) in [5, 5.41) is 0. The lowest BCUT2D eigenvalue weighted by molar-refractivity contribution is 0.0974. The van der Waals surface area contributed by atoms with Crippen molar-refractivity contribution in [1.29, 1.82) is 0 Å². The van der Waals surface area contributed by atoms with Crippen molar-refractivity contribution in [3.8, 4) is 0 Å². The van der Waals surface area contributed by atoms with Gasteiger partial charge in [-0.3, -0.25) is 0 Å². The minimum absolute atomic E-state index is 0.763. The minimum atomic E-state index is 0.763. The maximum atomic E-state index is 4.78. The van der Waals surface area contributed by atoms with E-state index in [2.05, 4.69) is 28.2 Å². The third-order valence-corrected chi connectivity index (χ3v) is 1.70. The SMILES string of the molecule is CN1CC(COBr)C1. The first-order chi connectivity index (χ1) is 3.83. The zero-order valence-electron chi connectivity index (χ0n) is 4.93. The first kappa shape index (κ1) is 6.52. The van der Waals surface area contributed by atoms with Crippen molar-refractivity contribution in [2.75, 3.05) is 26.7 Å². The van der Waals surface area contributed by atoms with Crippen molar-refractivity contribution in [1.82, 2.24) is 4.90 Å². The predicted octanol–water partition coefficient (Wildman–Crippen LogP) is 0.874. The van der Waals surface area contributed by atoms with Crippen molar-refractivity contribution in [3.63, 3.8) is 0 Å². The molecule has 0 aromatic carbocycles. The summed E-state index contributed by atoms with van der Waals surface area (Å²) in [7, 11) is 2.12. The summed E-state index contributed by atoms with van der Waals surface area (Å²) in [6.07, 6.45) is 0. The molecule has 0 amide bonds. The van der Waals surface area contributed by atoms with E-state index in [1.54, 1.807) is 0 Å². The second-order valence-electron chi connectivity index (χ2n) is 2.36. The van der Waals surface area contributed by atoms with Crippen molar-refractivity contribution in [3.05, 3.63) is 0 Å². The second-order valence-corrected chi connectivity index (χ2v) is 2.82. The Hall–Kier alpha value is 0.400. The summed E-state index contributed by atoms with van der Waals surface area (Å²) >= 11 is 2.93. The lowest BCUT2D eigenvalue weighted by Gasteiger charge is -2.35. The van der Waals surface area contributed by atoms with Gasteiger partial charge >= 0.3 is 0 Å². The van der Waals surface area contributed by atoms with Crippen LogP contribution in [-0.2, 0) is 3.83 Å². The van der Waals surface area contributed by atoms with Gasteiger partial charge in [-0.15, -0.1) is 0 Å². The normalized spacial score (nSPS) is 23.2. The molecule has 0 N–H and O–H groups in total. The van der Waals surface area contributed by atoms with Crippen LogP contribution in [0.4, 0.5) is 0 Å². The molecular formula is C5H10BrNO. The van der Waals surface area contributed by atoms with Gasteiger partial charge in [0.05, 0.1) is 22.9 Å². The molecule has 0 bridgehead atoms. The van der Waals surface area contributed by atoms with Crippen molar-refractivity contribution in [2.45, 2.75) is 0 Å². The highest BCUT2D eigenvalue weighted by Crippen LogP contribution is 2.13. The van der Waals surface area contributed by atoms with Crippen LogP contribution in [0.2, 0.25) is 0 Å². The summed E-state index contributed by atoms with van der Waals surface area (Å²) in [6.45, 7) is 3.22. The molecule has 8 heavy (non-hydrogen) atoms. The van der Waals surface area contributed by atoms with Crippen LogP contribution in [0.25, 0.3) is 0 Å². The van der Waals surface area contributed by atoms with Crippen LogP contribution < -0.4 is 0 Å². The van der Waals surface area contributed by atoms with Gasteiger partial charge in [0.25, 0.3) is 0 Å². The van der Waals surface area contributed by atoms with E-state index in [0.29, 0.717) is 0 Å². The van der Waals surface area contributed by atoms with Crippen LogP contribution in [0, 0.1) is 5.92 Å². The van der Waals surface area contributed by atoms with E-state index < -0.39 is 0 Å². The molecule has 0 aromatic rings. The smallest absolute Gasteiger partial charge is 0.0987 e. The maximum absolute atomic E-state index is 4.78. The predicted molar refractivity (Wildman–Crippen MR) is 35.9 cm³/mol. The fraction of sp³-hybridized carbons (Fsp3) is 1.00. The summed E-state index contributed by atoms with van der Waals surface area (Å²) in [6, 6.07) is 0. The molecule has 0 unspecified atom stereocenters. The van der Waals surface area contributed by atoms with Crippen LogP contribution >= 0.6 is 16.3 Å². The van der Waals surface area contributed by atoms with Gasteiger partial charge in [-0.2, -0.15) is 0 Å². The van der Waals surface area contributed by atoms with Crippen LogP contribution in [0.1, 0.15) is 0 Å². The number of rotatable bonds is 2. The molecule has 0 aromatic heterocycles. The van der Waals surface area contributed by atoms with Gasteiger partial charge in [0.15, 0.2) is 0 Å². The Balaban J connectivity index is 1.98. The Labute approximate surface area is 58.3 Å². The summed E-state index contributed by atoms with van der Waals surface area (Å²) < 4.78 is 4.78. The maximum Gasteiger partial charge on any atom is 0.0987 e. The van der Waals surface area contributed by atoms with Crippen molar-refractivity contribution in [2.24, 2.45) is 5.92 Å². The molecule has 48 valence electrons. The van der Waals surface area contributed by atoms with Gasteiger partial charge in [0.1, 0.15) is 0 Å². The molecule has 1 fully saturated rings.